The van der Waals surface area contributed by atoms with Crippen molar-refractivity contribution in [1.82, 2.24) is 15.3 Å². The first kappa shape index (κ1) is 22.4. The van der Waals surface area contributed by atoms with Gasteiger partial charge in [-0.25, -0.2) is 9.97 Å². The Hall–Kier alpha value is -2.86. The lowest BCUT2D eigenvalue weighted by Crippen LogP contribution is -2.22. The van der Waals surface area contributed by atoms with Gasteiger partial charge >= 0.3 is 0 Å². The minimum absolute atomic E-state index is 0.470. The number of hydrogen-bond acceptors (Lipinski definition) is 5. The van der Waals surface area contributed by atoms with E-state index in [1.165, 1.54) is 0 Å². The molecule has 2 heterocycles. The third-order valence-corrected chi connectivity index (χ3v) is 5.02. The van der Waals surface area contributed by atoms with Crippen molar-refractivity contribution < 1.29 is 0 Å². The van der Waals surface area contributed by atoms with Crippen molar-refractivity contribution >= 4 is 22.9 Å². The Labute approximate surface area is 177 Å². The highest BCUT2D eigenvalue weighted by molar-refractivity contribution is 7.14. The largest absolute Gasteiger partial charge is 0.345 e. The number of nitrogens with one attached hydrogen (secondary N) is 1. The molecule has 29 heavy (non-hydrogen) atoms. The third kappa shape index (κ3) is 6.91. The smallest absolute Gasteiger partial charge is 0.151 e. The molecule has 0 unspecified atom stereocenters. The van der Waals surface area contributed by atoms with Crippen LogP contribution in [0.25, 0.3) is 10.7 Å². The number of pyridine rings is 1. The van der Waals surface area contributed by atoms with E-state index < -0.39 is 0 Å². The van der Waals surface area contributed by atoms with Crippen molar-refractivity contribution in [2.75, 3.05) is 13.6 Å². The highest BCUT2D eigenvalue weighted by Crippen LogP contribution is 2.24. The number of aliphatic imine (C=N–C) groups is 2. The normalized spacial score (nSPS) is 12.9. The second-order valence-electron chi connectivity index (χ2n) is 6.61. The number of aromatic nitrogens is 2. The van der Waals surface area contributed by atoms with Gasteiger partial charge in [-0.15, -0.1) is 11.3 Å². The fraction of sp³-hybridized carbons (Fsp3) is 0.304. The summed E-state index contributed by atoms with van der Waals surface area (Å²) in [6, 6.07) is 4.07. The van der Waals surface area contributed by atoms with Crippen molar-refractivity contribution in [3.8, 4) is 10.7 Å². The molecule has 0 saturated carbocycles. The molecule has 0 bridgehead atoms. The van der Waals surface area contributed by atoms with Gasteiger partial charge < -0.3 is 5.32 Å². The molecule has 0 fully saturated rings. The van der Waals surface area contributed by atoms with Crippen LogP contribution < -0.4 is 5.32 Å². The summed E-state index contributed by atoms with van der Waals surface area (Å²) in [5.74, 6) is 0.720. The van der Waals surface area contributed by atoms with E-state index in [1.807, 2.05) is 51.4 Å². The van der Waals surface area contributed by atoms with E-state index in [1.54, 1.807) is 18.4 Å². The Morgan fingerprint density at radius 3 is 2.72 bits per heavy atom. The van der Waals surface area contributed by atoms with E-state index in [2.05, 4.69) is 40.9 Å². The predicted molar refractivity (Wildman–Crippen MR) is 126 cm³/mol. The zero-order valence-electron chi connectivity index (χ0n) is 17.9. The van der Waals surface area contributed by atoms with Crippen molar-refractivity contribution in [3.05, 3.63) is 71.0 Å². The monoisotopic (exact) mass is 407 g/mol. The molecule has 0 aliphatic rings. The molecule has 152 valence electrons. The first-order chi connectivity index (χ1) is 13.9. The first-order valence-corrected chi connectivity index (χ1v) is 10.4. The van der Waals surface area contributed by atoms with Gasteiger partial charge in [0, 0.05) is 23.8 Å². The number of thiazole rings is 1. The van der Waals surface area contributed by atoms with Crippen LogP contribution in [0, 0.1) is 13.8 Å². The summed E-state index contributed by atoms with van der Waals surface area (Å²) in [5.41, 5.74) is 4.57. The molecule has 0 radical (unpaired) electrons. The molecule has 2 aromatic heterocycles. The van der Waals surface area contributed by atoms with Crippen LogP contribution in [0.1, 0.15) is 36.4 Å². The van der Waals surface area contributed by atoms with Crippen molar-refractivity contribution in [3.63, 3.8) is 0 Å². The topological polar surface area (TPSA) is 62.5 Å². The van der Waals surface area contributed by atoms with Crippen LogP contribution in [0.15, 0.2) is 64.9 Å². The lowest BCUT2D eigenvalue weighted by molar-refractivity contribution is 1.09. The van der Waals surface area contributed by atoms with Gasteiger partial charge in [0.15, 0.2) is 5.84 Å². The number of aryl methyl sites for hydroxylation is 2. The van der Waals surface area contributed by atoms with E-state index in [0.717, 1.165) is 50.4 Å². The van der Waals surface area contributed by atoms with Crippen LogP contribution >= 0.6 is 11.3 Å². The molecule has 6 heteroatoms. The summed E-state index contributed by atoms with van der Waals surface area (Å²) < 4.78 is 0. The van der Waals surface area contributed by atoms with Crippen LogP contribution in [0.5, 0.6) is 0 Å². The summed E-state index contributed by atoms with van der Waals surface area (Å²) >= 11 is 1.64. The van der Waals surface area contributed by atoms with Crippen LogP contribution in [0.3, 0.4) is 0 Å². The highest BCUT2D eigenvalue weighted by Gasteiger charge is 2.12. The summed E-state index contributed by atoms with van der Waals surface area (Å²) in [4.78, 5) is 19.4. The molecule has 5 nitrogen and oxygen atoms in total. The summed E-state index contributed by atoms with van der Waals surface area (Å²) in [5, 5.41) is 4.21. The van der Waals surface area contributed by atoms with Crippen LogP contribution in [-0.4, -0.2) is 35.1 Å². The maximum absolute atomic E-state index is 4.85. The van der Waals surface area contributed by atoms with Gasteiger partial charge in [0.05, 0.1) is 12.2 Å². The van der Waals surface area contributed by atoms with Gasteiger partial charge in [-0.2, -0.15) is 0 Å². The first-order valence-electron chi connectivity index (χ1n) is 9.60. The molecule has 2 rings (SSSR count). The Balaban J connectivity index is 2.34. The standard InChI is InChI=1S/C23H29N5S/c1-7-8-13-25-22(26-14-16(2)9-11-18(4)24-6)21-17(3)10-12-20(28-21)23-27-15-19(5)29-23/h8-13,15H,2,7,14H2,1,3-6H3,(H,25,26)/b11-9-,13-8+,24-18?. The molecule has 0 atom stereocenters. The molecule has 0 saturated heterocycles. The molecule has 2 aromatic rings. The van der Waals surface area contributed by atoms with Gasteiger partial charge in [-0.05, 0) is 56.7 Å². The van der Waals surface area contributed by atoms with Crippen molar-refractivity contribution in [2.24, 2.45) is 9.98 Å². The van der Waals surface area contributed by atoms with Crippen LogP contribution in [0.2, 0.25) is 0 Å². The molecule has 0 aliphatic heterocycles. The van der Waals surface area contributed by atoms with Gasteiger partial charge in [0.25, 0.3) is 0 Å². The quantitative estimate of drug-likeness (QED) is 0.368. The van der Waals surface area contributed by atoms with E-state index in [0.29, 0.717) is 6.54 Å². The van der Waals surface area contributed by atoms with Gasteiger partial charge in [-0.3, -0.25) is 9.98 Å². The lowest BCUT2D eigenvalue weighted by Gasteiger charge is -2.11. The zero-order valence-corrected chi connectivity index (χ0v) is 18.7. The summed E-state index contributed by atoms with van der Waals surface area (Å²) in [6.07, 6.45) is 10.7. The minimum atomic E-state index is 0.470. The second kappa shape index (κ2) is 11.2. The second-order valence-corrected chi connectivity index (χ2v) is 7.85. The molecule has 1 N–H and O–H groups in total. The fourth-order valence-electron chi connectivity index (χ4n) is 2.35. The van der Waals surface area contributed by atoms with Gasteiger partial charge in [0.2, 0.25) is 0 Å². The zero-order chi connectivity index (χ0) is 21.2. The number of rotatable bonds is 8. The van der Waals surface area contributed by atoms with Crippen molar-refractivity contribution in [2.45, 2.75) is 34.1 Å². The predicted octanol–water partition coefficient (Wildman–Crippen LogP) is 5.28. The number of allylic oxidation sites excluding steroid dienone is 2. The molecule has 0 aromatic carbocycles. The highest BCUT2D eigenvalue weighted by atomic mass is 32.1. The van der Waals surface area contributed by atoms with E-state index in [4.69, 9.17) is 9.98 Å². The van der Waals surface area contributed by atoms with E-state index in [-0.39, 0.29) is 0 Å². The molecule has 0 amide bonds. The summed E-state index contributed by atoms with van der Waals surface area (Å²) in [7, 11) is 1.77. The van der Waals surface area contributed by atoms with Crippen LogP contribution in [0.4, 0.5) is 0 Å². The fourth-order valence-corrected chi connectivity index (χ4v) is 3.09. The average molecular weight is 408 g/mol. The maximum atomic E-state index is 4.85. The number of nitrogens with zero attached hydrogens (tertiary/aromatic N) is 4. The Morgan fingerprint density at radius 1 is 1.28 bits per heavy atom. The average Bonchev–Trinajstić information content (AvgIpc) is 3.15. The molecule has 0 spiro atoms. The SMILES string of the molecule is C=C(/C=C\C(C)=NC)CN=C(N/C=C/CC)c1nc(-c2ncc(C)s2)ccc1C. The van der Waals surface area contributed by atoms with Crippen LogP contribution in [-0.2, 0) is 0 Å². The molecule has 0 aliphatic carbocycles. The number of amidine groups is 1. The van der Waals surface area contributed by atoms with Gasteiger partial charge in [0.1, 0.15) is 10.7 Å². The Kier molecular flexibility index (Phi) is 8.68. The minimum Gasteiger partial charge on any atom is -0.345 e. The maximum Gasteiger partial charge on any atom is 0.151 e. The van der Waals surface area contributed by atoms with E-state index in [9.17, 15) is 0 Å². The Morgan fingerprint density at radius 2 is 2.07 bits per heavy atom. The van der Waals surface area contributed by atoms with Gasteiger partial charge in [-0.1, -0.05) is 31.7 Å². The van der Waals surface area contributed by atoms with E-state index >= 15 is 0 Å². The third-order valence-electron chi connectivity index (χ3n) is 4.09. The molecular weight excluding hydrogens is 378 g/mol. The number of hydrogen-bond donors (Lipinski definition) is 1. The van der Waals surface area contributed by atoms with Crippen molar-refractivity contribution in [1.29, 1.82) is 0 Å². The lowest BCUT2D eigenvalue weighted by atomic mass is 10.1. The Bertz CT molecular complexity index is 963. The summed E-state index contributed by atoms with van der Waals surface area (Å²) in [6.45, 7) is 12.7. The molecular formula is C23H29N5S.